The zero-order valence-electron chi connectivity index (χ0n) is 9.35. The van der Waals surface area contributed by atoms with Crippen LogP contribution in [0.1, 0.15) is 4.88 Å². The van der Waals surface area contributed by atoms with Crippen molar-refractivity contribution < 1.29 is 4.74 Å². The van der Waals surface area contributed by atoms with Gasteiger partial charge in [-0.2, -0.15) is 0 Å². The van der Waals surface area contributed by atoms with Crippen molar-refractivity contribution in [2.45, 2.75) is 12.7 Å². The van der Waals surface area contributed by atoms with Gasteiger partial charge in [-0.15, -0.1) is 11.3 Å². The fourth-order valence-corrected chi connectivity index (χ4v) is 3.04. The molecule has 2 aromatic rings. The number of likely N-dealkylation sites (N-methyl/N-ethyl adjacent to an activating group) is 1. The molecular formula is C13H15NOS. The minimum atomic E-state index is 0.440. The average Bonchev–Trinajstić information content (AvgIpc) is 2.65. The number of ether oxygens (including phenoxy) is 1. The molecule has 1 aliphatic rings. The van der Waals surface area contributed by atoms with E-state index in [9.17, 15) is 0 Å². The van der Waals surface area contributed by atoms with Gasteiger partial charge in [0.25, 0.3) is 0 Å². The molecule has 0 bridgehead atoms. The SMILES string of the molecule is CN1CC(OCc2cc3ccccc3s2)C1. The largest absolute Gasteiger partial charge is 0.370 e. The fourth-order valence-electron chi connectivity index (χ4n) is 2.06. The first-order valence-electron chi connectivity index (χ1n) is 5.59. The number of benzene rings is 1. The van der Waals surface area contributed by atoms with E-state index in [1.807, 2.05) is 11.3 Å². The van der Waals surface area contributed by atoms with Gasteiger partial charge in [0.05, 0.1) is 12.7 Å². The normalized spacial score (nSPS) is 17.8. The van der Waals surface area contributed by atoms with Crippen molar-refractivity contribution >= 4 is 21.4 Å². The standard InChI is InChI=1S/C13H15NOS/c1-14-7-11(8-14)15-9-12-6-10-4-2-3-5-13(10)16-12/h2-6,11H,7-9H2,1H3. The zero-order chi connectivity index (χ0) is 11.0. The van der Waals surface area contributed by atoms with Crippen LogP contribution >= 0.6 is 11.3 Å². The second-order valence-electron chi connectivity index (χ2n) is 4.40. The third-order valence-electron chi connectivity index (χ3n) is 2.97. The maximum Gasteiger partial charge on any atom is 0.0833 e. The van der Waals surface area contributed by atoms with E-state index in [2.05, 4.69) is 42.3 Å². The molecule has 1 aromatic carbocycles. The van der Waals surface area contributed by atoms with E-state index in [1.54, 1.807) is 0 Å². The monoisotopic (exact) mass is 233 g/mol. The highest BCUT2D eigenvalue weighted by atomic mass is 32.1. The molecule has 0 unspecified atom stereocenters. The number of hydrogen-bond donors (Lipinski definition) is 0. The van der Waals surface area contributed by atoms with Crippen molar-refractivity contribution in [3.05, 3.63) is 35.2 Å². The molecule has 1 aromatic heterocycles. The van der Waals surface area contributed by atoms with Crippen LogP contribution in [-0.2, 0) is 11.3 Å². The van der Waals surface area contributed by atoms with Crippen molar-refractivity contribution in [1.29, 1.82) is 0 Å². The first kappa shape index (κ1) is 10.3. The van der Waals surface area contributed by atoms with E-state index in [1.165, 1.54) is 15.0 Å². The van der Waals surface area contributed by atoms with Crippen molar-refractivity contribution in [1.82, 2.24) is 4.90 Å². The minimum Gasteiger partial charge on any atom is -0.370 e. The van der Waals surface area contributed by atoms with Crippen LogP contribution in [0.25, 0.3) is 10.1 Å². The first-order chi connectivity index (χ1) is 7.81. The van der Waals surface area contributed by atoms with Gasteiger partial charge in [0.15, 0.2) is 0 Å². The van der Waals surface area contributed by atoms with Crippen LogP contribution in [0.2, 0.25) is 0 Å². The predicted octanol–water partition coefficient (Wildman–Crippen LogP) is 2.73. The lowest BCUT2D eigenvalue weighted by Crippen LogP contribution is -2.49. The Labute approximate surface area is 99.4 Å². The summed E-state index contributed by atoms with van der Waals surface area (Å²) in [7, 11) is 2.12. The quantitative estimate of drug-likeness (QED) is 0.808. The molecule has 2 nitrogen and oxygen atoms in total. The van der Waals surface area contributed by atoms with Gasteiger partial charge < -0.3 is 9.64 Å². The van der Waals surface area contributed by atoms with Gasteiger partial charge in [0, 0.05) is 22.7 Å². The van der Waals surface area contributed by atoms with Crippen LogP contribution in [0.3, 0.4) is 0 Å². The van der Waals surface area contributed by atoms with E-state index in [4.69, 9.17) is 4.74 Å². The maximum atomic E-state index is 5.83. The van der Waals surface area contributed by atoms with Crippen LogP contribution in [0.5, 0.6) is 0 Å². The Morgan fingerprint density at radius 2 is 2.19 bits per heavy atom. The second-order valence-corrected chi connectivity index (χ2v) is 5.57. The minimum absolute atomic E-state index is 0.440. The molecule has 0 radical (unpaired) electrons. The first-order valence-corrected chi connectivity index (χ1v) is 6.40. The van der Waals surface area contributed by atoms with Gasteiger partial charge in [0.1, 0.15) is 0 Å². The fraction of sp³-hybridized carbons (Fsp3) is 0.385. The number of hydrogen-bond acceptors (Lipinski definition) is 3. The summed E-state index contributed by atoms with van der Waals surface area (Å²) in [5.41, 5.74) is 0. The van der Waals surface area contributed by atoms with Gasteiger partial charge >= 0.3 is 0 Å². The van der Waals surface area contributed by atoms with E-state index < -0.39 is 0 Å². The highest BCUT2D eigenvalue weighted by molar-refractivity contribution is 7.19. The van der Waals surface area contributed by atoms with Crippen molar-refractivity contribution in [3.8, 4) is 0 Å². The Kier molecular flexibility index (Phi) is 2.67. The van der Waals surface area contributed by atoms with Crippen LogP contribution in [-0.4, -0.2) is 31.1 Å². The van der Waals surface area contributed by atoms with Crippen LogP contribution in [0, 0.1) is 0 Å². The highest BCUT2D eigenvalue weighted by Crippen LogP contribution is 2.26. The Bertz CT molecular complexity index is 454. The number of nitrogens with zero attached hydrogens (tertiary/aromatic N) is 1. The van der Waals surface area contributed by atoms with E-state index in [0.29, 0.717) is 6.10 Å². The summed E-state index contributed by atoms with van der Waals surface area (Å²) in [5, 5.41) is 1.33. The van der Waals surface area contributed by atoms with Crippen LogP contribution in [0.4, 0.5) is 0 Å². The van der Waals surface area contributed by atoms with Crippen LogP contribution in [0.15, 0.2) is 30.3 Å². The summed E-state index contributed by atoms with van der Waals surface area (Å²) in [5.74, 6) is 0. The summed E-state index contributed by atoms with van der Waals surface area (Å²) in [6.07, 6.45) is 0.440. The lowest BCUT2D eigenvalue weighted by molar-refractivity contribution is -0.0509. The number of rotatable bonds is 3. The van der Waals surface area contributed by atoms with Gasteiger partial charge in [0.2, 0.25) is 0 Å². The second kappa shape index (κ2) is 4.17. The molecule has 0 atom stereocenters. The molecule has 0 N–H and O–H groups in total. The maximum absolute atomic E-state index is 5.83. The highest BCUT2D eigenvalue weighted by Gasteiger charge is 2.23. The zero-order valence-corrected chi connectivity index (χ0v) is 10.2. The molecular weight excluding hydrogens is 218 g/mol. The Hall–Kier alpha value is -0.900. The van der Waals surface area contributed by atoms with E-state index in [-0.39, 0.29) is 0 Å². The van der Waals surface area contributed by atoms with E-state index >= 15 is 0 Å². The number of thiophene rings is 1. The molecule has 0 aliphatic carbocycles. The lowest BCUT2D eigenvalue weighted by atomic mass is 10.2. The Morgan fingerprint density at radius 3 is 2.94 bits per heavy atom. The van der Waals surface area contributed by atoms with Gasteiger partial charge in [-0.1, -0.05) is 18.2 Å². The molecule has 3 heteroatoms. The third kappa shape index (κ3) is 1.98. The summed E-state index contributed by atoms with van der Waals surface area (Å²) in [4.78, 5) is 3.60. The number of likely N-dealkylation sites (tertiary alicyclic amines) is 1. The van der Waals surface area contributed by atoms with Gasteiger partial charge in [-0.05, 0) is 24.6 Å². The summed E-state index contributed by atoms with van der Waals surface area (Å²) in [6.45, 7) is 2.91. The topological polar surface area (TPSA) is 12.5 Å². The molecule has 0 spiro atoms. The molecule has 2 heterocycles. The van der Waals surface area contributed by atoms with Crippen molar-refractivity contribution in [2.24, 2.45) is 0 Å². The third-order valence-corrected chi connectivity index (χ3v) is 4.06. The predicted molar refractivity (Wildman–Crippen MR) is 67.9 cm³/mol. The molecule has 16 heavy (non-hydrogen) atoms. The van der Waals surface area contributed by atoms with Gasteiger partial charge in [-0.25, -0.2) is 0 Å². The summed E-state index contributed by atoms with van der Waals surface area (Å²) >= 11 is 1.84. The molecule has 1 fully saturated rings. The Morgan fingerprint density at radius 1 is 1.38 bits per heavy atom. The van der Waals surface area contributed by atoms with Crippen molar-refractivity contribution in [2.75, 3.05) is 20.1 Å². The molecule has 0 saturated carbocycles. The molecule has 1 aliphatic heterocycles. The summed E-state index contributed by atoms with van der Waals surface area (Å²) < 4.78 is 7.19. The smallest absolute Gasteiger partial charge is 0.0833 e. The molecule has 0 amide bonds. The Balaban J connectivity index is 1.65. The van der Waals surface area contributed by atoms with Crippen LogP contribution < -0.4 is 0 Å². The summed E-state index contributed by atoms with van der Waals surface area (Å²) in [6, 6.07) is 10.7. The lowest BCUT2D eigenvalue weighted by Gasteiger charge is -2.35. The van der Waals surface area contributed by atoms with Crippen molar-refractivity contribution in [3.63, 3.8) is 0 Å². The molecule has 1 saturated heterocycles. The molecule has 84 valence electrons. The van der Waals surface area contributed by atoms with Gasteiger partial charge in [-0.3, -0.25) is 0 Å². The average molecular weight is 233 g/mol. The van der Waals surface area contributed by atoms with E-state index in [0.717, 1.165) is 19.7 Å². The number of fused-ring (bicyclic) bond motifs is 1. The molecule has 3 rings (SSSR count).